The van der Waals surface area contributed by atoms with Crippen molar-refractivity contribution in [2.45, 2.75) is 12.5 Å². The number of nitro groups is 1. The minimum atomic E-state index is -0.432. The Balaban J connectivity index is 1.70. The van der Waals surface area contributed by atoms with Gasteiger partial charge in [-0.05, 0) is 35.4 Å². The van der Waals surface area contributed by atoms with Crippen molar-refractivity contribution < 1.29 is 9.72 Å². The normalized spacial score (nSPS) is 15.9. The number of amides is 1. The molecule has 1 amide bonds. The van der Waals surface area contributed by atoms with Crippen molar-refractivity contribution in [3.05, 3.63) is 112 Å². The number of nitro benzene ring substituents is 1. The molecule has 0 fully saturated rings. The SMILES string of the molecule is O=C(c1ccccc1)N1N=C(c2ccc([N+](=O)[O-])cc2)C[C@H]1c1ccccc1. The van der Waals surface area contributed by atoms with Crippen LogP contribution >= 0.6 is 0 Å². The topological polar surface area (TPSA) is 75.8 Å². The van der Waals surface area contributed by atoms with Crippen molar-refractivity contribution in [3.63, 3.8) is 0 Å². The molecule has 1 heterocycles. The first-order chi connectivity index (χ1) is 13.6. The Bertz CT molecular complexity index is 1030. The van der Waals surface area contributed by atoms with E-state index in [1.54, 1.807) is 24.3 Å². The molecule has 1 atom stereocenters. The Hall–Kier alpha value is -3.80. The fourth-order valence-electron chi connectivity index (χ4n) is 3.30. The van der Waals surface area contributed by atoms with Crippen molar-refractivity contribution >= 4 is 17.3 Å². The average molecular weight is 371 g/mol. The van der Waals surface area contributed by atoms with E-state index < -0.39 is 4.92 Å². The first kappa shape index (κ1) is 17.6. The van der Waals surface area contributed by atoms with Gasteiger partial charge in [0.25, 0.3) is 11.6 Å². The van der Waals surface area contributed by atoms with Gasteiger partial charge in [-0.1, -0.05) is 48.5 Å². The molecule has 0 saturated heterocycles. The summed E-state index contributed by atoms with van der Waals surface area (Å²) in [6.07, 6.45) is 0.542. The van der Waals surface area contributed by atoms with E-state index in [-0.39, 0.29) is 17.6 Å². The molecule has 0 aliphatic carbocycles. The Morgan fingerprint density at radius 3 is 2.14 bits per heavy atom. The highest BCUT2D eigenvalue weighted by Gasteiger charge is 2.33. The van der Waals surface area contributed by atoms with E-state index in [1.807, 2.05) is 48.5 Å². The predicted octanol–water partition coefficient (Wildman–Crippen LogP) is 4.59. The van der Waals surface area contributed by atoms with Crippen molar-refractivity contribution in [1.82, 2.24) is 5.01 Å². The monoisotopic (exact) mass is 371 g/mol. The molecule has 4 rings (SSSR count). The van der Waals surface area contributed by atoms with Crippen molar-refractivity contribution in [3.8, 4) is 0 Å². The van der Waals surface area contributed by atoms with E-state index in [9.17, 15) is 14.9 Å². The number of hydrazone groups is 1. The standard InChI is InChI=1S/C22H17N3O3/c26-22(18-9-5-2-6-10-18)24-21(17-7-3-1-4-8-17)15-20(23-24)16-11-13-19(14-12-16)25(27)28/h1-14,21H,15H2/t21-/m0/s1. The van der Waals surface area contributed by atoms with Gasteiger partial charge in [0.1, 0.15) is 0 Å². The molecule has 28 heavy (non-hydrogen) atoms. The second kappa shape index (κ2) is 7.44. The van der Waals surface area contributed by atoms with Crippen LogP contribution < -0.4 is 0 Å². The quantitative estimate of drug-likeness (QED) is 0.497. The maximum Gasteiger partial charge on any atom is 0.274 e. The van der Waals surface area contributed by atoms with Crippen LogP contribution in [0.15, 0.2) is 90.0 Å². The van der Waals surface area contributed by atoms with E-state index >= 15 is 0 Å². The molecule has 0 radical (unpaired) electrons. The Morgan fingerprint density at radius 2 is 1.54 bits per heavy atom. The van der Waals surface area contributed by atoms with Crippen LogP contribution in [0.25, 0.3) is 0 Å². The number of hydrogen-bond acceptors (Lipinski definition) is 4. The second-order valence-corrected chi connectivity index (χ2v) is 6.50. The van der Waals surface area contributed by atoms with Crippen molar-refractivity contribution in [2.24, 2.45) is 5.10 Å². The van der Waals surface area contributed by atoms with Crippen LogP contribution in [0.4, 0.5) is 5.69 Å². The third-order valence-electron chi connectivity index (χ3n) is 4.73. The average Bonchev–Trinajstić information content (AvgIpc) is 3.20. The van der Waals surface area contributed by atoms with Crippen LogP contribution in [0.3, 0.4) is 0 Å². The molecule has 3 aromatic rings. The number of hydrogen-bond donors (Lipinski definition) is 0. The highest BCUT2D eigenvalue weighted by molar-refractivity contribution is 6.05. The zero-order valence-corrected chi connectivity index (χ0v) is 14.9. The predicted molar refractivity (Wildman–Crippen MR) is 106 cm³/mol. The number of non-ortho nitro benzene ring substituents is 1. The van der Waals surface area contributed by atoms with Crippen LogP contribution in [0, 0.1) is 10.1 Å². The summed E-state index contributed by atoms with van der Waals surface area (Å²) in [6, 6.07) is 24.8. The highest BCUT2D eigenvalue weighted by Crippen LogP contribution is 2.34. The lowest BCUT2D eigenvalue weighted by atomic mass is 9.98. The van der Waals surface area contributed by atoms with E-state index in [2.05, 4.69) is 5.10 Å². The molecule has 1 aliphatic rings. The minimum Gasteiger partial charge on any atom is -0.267 e. The van der Waals surface area contributed by atoms with Crippen LogP contribution in [0.5, 0.6) is 0 Å². The molecule has 6 nitrogen and oxygen atoms in total. The maximum absolute atomic E-state index is 13.1. The van der Waals surface area contributed by atoms with Crippen molar-refractivity contribution in [1.29, 1.82) is 0 Å². The summed E-state index contributed by atoms with van der Waals surface area (Å²) in [5.41, 5.74) is 3.09. The molecule has 0 N–H and O–H groups in total. The summed E-state index contributed by atoms with van der Waals surface area (Å²) in [6.45, 7) is 0. The summed E-state index contributed by atoms with van der Waals surface area (Å²) in [5, 5.41) is 17.0. The van der Waals surface area contributed by atoms with Gasteiger partial charge < -0.3 is 0 Å². The molecule has 0 bridgehead atoms. The molecule has 0 unspecified atom stereocenters. The minimum absolute atomic E-state index is 0.0270. The van der Waals surface area contributed by atoms with E-state index in [4.69, 9.17) is 0 Å². The second-order valence-electron chi connectivity index (χ2n) is 6.50. The van der Waals surface area contributed by atoms with Gasteiger partial charge in [-0.25, -0.2) is 5.01 Å². The maximum atomic E-state index is 13.1. The third kappa shape index (κ3) is 3.40. The summed E-state index contributed by atoms with van der Waals surface area (Å²) < 4.78 is 0. The molecular weight excluding hydrogens is 354 g/mol. The van der Waals surface area contributed by atoms with E-state index in [0.717, 1.165) is 16.8 Å². The van der Waals surface area contributed by atoms with Gasteiger partial charge in [0.05, 0.1) is 16.7 Å². The highest BCUT2D eigenvalue weighted by atomic mass is 16.6. The molecule has 138 valence electrons. The van der Waals surface area contributed by atoms with Crippen LogP contribution in [0.1, 0.15) is 33.9 Å². The van der Waals surface area contributed by atoms with Gasteiger partial charge in [-0.3, -0.25) is 14.9 Å². The Labute approximate surface area is 161 Å². The molecule has 0 saturated carbocycles. The van der Waals surface area contributed by atoms with E-state index in [0.29, 0.717) is 12.0 Å². The molecular formula is C22H17N3O3. The Morgan fingerprint density at radius 1 is 0.929 bits per heavy atom. The van der Waals surface area contributed by atoms with Gasteiger partial charge in [-0.2, -0.15) is 5.10 Å². The number of carbonyl (C=O) groups is 1. The summed E-state index contributed by atoms with van der Waals surface area (Å²) in [4.78, 5) is 23.5. The van der Waals surface area contributed by atoms with Gasteiger partial charge in [0, 0.05) is 24.1 Å². The van der Waals surface area contributed by atoms with Crippen LogP contribution in [-0.4, -0.2) is 21.6 Å². The van der Waals surface area contributed by atoms with Crippen molar-refractivity contribution in [2.75, 3.05) is 0 Å². The smallest absolute Gasteiger partial charge is 0.267 e. The molecule has 0 spiro atoms. The third-order valence-corrected chi connectivity index (χ3v) is 4.73. The number of benzene rings is 3. The molecule has 0 aromatic heterocycles. The lowest BCUT2D eigenvalue weighted by Gasteiger charge is -2.22. The lowest BCUT2D eigenvalue weighted by molar-refractivity contribution is -0.384. The first-order valence-corrected chi connectivity index (χ1v) is 8.89. The molecule has 1 aliphatic heterocycles. The number of nitrogens with zero attached hydrogens (tertiary/aromatic N) is 3. The number of carbonyl (C=O) groups excluding carboxylic acids is 1. The number of rotatable bonds is 4. The van der Waals surface area contributed by atoms with Gasteiger partial charge in [0.2, 0.25) is 0 Å². The van der Waals surface area contributed by atoms with Gasteiger partial charge in [-0.15, -0.1) is 0 Å². The zero-order valence-electron chi connectivity index (χ0n) is 14.9. The van der Waals surface area contributed by atoms with Crippen LogP contribution in [-0.2, 0) is 0 Å². The molecule has 6 heteroatoms. The summed E-state index contributed by atoms with van der Waals surface area (Å²) in [5.74, 6) is -0.175. The lowest BCUT2D eigenvalue weighted by Crippen LogP contribution is -2.27. The fraction of sp³-hybridized carbons (Fsp3) is 0.0909. The first-order valence-electron chi connectivity index (χ1n) is 8.89. The summed E-state index contributed by atoms with van der Waals surface area (Å²) >= 11 is 0. The fourth-order valence-corrected chi connectivity index (χ4v) is 3.30. The van der Waals surface area contributed by atoms with Crippen LogP contribution in [0.2, 0.25) is 0 Å². The zero-order chi connectivity index (χ0) is 19.5. The van der Waals surface area contributed by atoms with Gasteiger partial charge in [0.15, 0.2) is 0 Å². The largest absolute Gasteiger partial charge is 0.274 e. The Kier molecular flexibility index (Phi) is 4.68. The summed E-state index contributed by atoms with van der Waals surface area (Å²) in [7, 11) is 0. The van der Waals surface area contributed by atoms with Gasteiger partial charge >= 0.3 is 0 Å². The van der Waals surface area contributed by atoms with E-state index in [1.165, 1.54) is 17.1 Å². The molecule has 3 aromatic carbocycles.